The minimum absolute atomic E-state index is 0.200. The van der Waals surface area contributed by atoms with Crippen LogP contribution < -0.4 is 0 Å². The summed E-state index contributed by atoms with van der Waals surface area (Å²) in [5, 5.41) is 24.3. The van der Waals surface area contributed by atoms with Gasteiger partial charge in [0.1, 0.15) is 12.9 Å². The second-order valence-corrected chi connectivity index (χ2v) is 11.4. The van der Waals surface area contributed by atoms with E-state index in [0.717, 1.165) is 56.8 Å². The van der Waals surface area contributed by atoms with Crippen molar-refractivity contribution in [2.75, 3.05) is 6.61 Å². The molecule has 4 heteroatoms. The summed E-state index contributed by atoms with van der Waals surface area (Å²) in [6.45, 7) is 4.81. The number of hydrogen-bond acceptors (Lipinski definition) is 4. The maximum Gasteiger partial charge on any atom is 0.145 e. The smallest absolute Gasteiger partial charge is 0.145 e. The third-order valence-electron chi connectivity index (χ3n) is 10.6. The Morgan fingerprint density at radius 1 is 0.968 bits per heavy atom. The molecule has 0 spiro atoms. The van der Waals surface area contributed by atoms with E-state index in [0.29, 0.717) is 24.7 Å². The minimum atomic E-state index is -0.966. The fourth-order valence-corrected chi connectivity index (χ4v) is 8.71. The highest BCUT2D eigenvalue weighted by molar-refractivity contribution is 5.50. The lowest BCUT2D eigenvalue weighted by atomic mass is 9.43. The Kier molecular flexibility index (Phi) is 5.16. The van der Waals surface area contributed by atoms with Crippen molar-refractivity contribution in [2.45, 2.75) is 88.9 Å². The van der Waals surface area contributed by atoms with Crippen LogP contribution in [0.5, 0.6) is 0 Å². The van der Waals surface area contributed by atoms with Crippen molar-refractivity contribution < 1.29 is 19.7 Å². The van der Waals surface area contributed by atoms with Crippen LogP contribution in [0.2, 0.25) is 0 Å². The molecule has 31 heavy (non-hydrogen) atoms. The number of ether oxygens (including phenoxy) is 1. The average molecular weight is 427 g/mol. The zero-order valence-electron chi connectivity index (χ0n) is 19.1. The van der Waals surface area contributed by atoms with Gasteiger partial charge in [0.05, 0.1) is 17.3 Å². The van der Waals surface area contributed by atoms with Gasteiger partial charge in [-0.2, -0.15) is 0 Å². The number of aliphatic hydroxyl groups is 2. The fraction of sp³-hybridized carbons (Fsp3) is 0.741. The van der Waals surface area contributed by atoms with Crippen molar-refractivity contribution in [3.8, 4) is 0 Å². The van der Waals surface area contributed by atoms with Crippen LogP contribution in [0.4, 0.5) is 0 Å². The molecule has 0 heterocycles. The Bertz CT molecular complexity index is 826. The van der Waals surface area contributed by atoms with Gasteiger partial charge in [-0.15, -0.1) is 0 Å². The van der Waals surface area contributed by atoms with Gasteiger partial charge in [0, 0.05) is 5.41 Å². The molecule has 4 nitrogen and oxygen atoms in total. The lowest BCUT2D eigenvalue weighted by Gasteiger charge is -2.64. The molecule has 1 aromatic rings. The van der Waals surface area contributed by atoms with Crippen LogP contribution in [-0.4, -0.2) is 34.8 Å². The van der Waals surface area contributed by atoms with Crippen molar-refractivity contribution in [1.82, 2.24) is 0 Å². The van der Waals surface area contributed by atoms with Gasteiger partial charge < -0.3 is 19.7 Å². The Morgan fingerprint density at radius 3 is 2.48 bits per heavy atom. The molecule has 0 aliphatic heterocycles. The minimum Gasteiger partial charge on any atom is -0.389 e. The molecule has 8 atom stereocenters. The molecule has 170 valence electrons. The number of rotatable bonds is 4. The van der Waals surface area contributed by atoms with Crippen molar-refractivity contribution in [3.05, 3.63) is 35.9 Å². The van der Waals surface area contributed by atoms with Crippen LogP contribution in [0.3, 0.4) is 0 Å². The first-order valence-electron chi connectivity index (χ1n) is 12.3. The number of benzene rings is 1. The fourth-order valence-electron chi connectivity index (χ4n) is 8.71. The van der Waals surface area contributed by atoms with E-state index in [4.69, 9.17) is 4.74 Å². The lowest BCUT2D eigenvalue weighted by molar-refractivity contribution is -0.239. The molecule has 0 saturated heterocycles. The number of carbonyl (C=O) groups excluding carboxylic acids is 1. The van der Waals surface area contributed by atoms with Gasteiger partial charge in [-0.1, -0.05) is 44.2 Å². The molecule has 0 radical (unpaired) electrons. The summed E-state index contributed by atoms with van der Waals surface area (Å²) >= 11 is 0. The molecular formula is C27H38O4. The van der Waals surface area contributed by atoms with E-state index >= 15 is 0 Å². The van der Waals surface area contributed by atoms with E-state index in [1.165, 1.54) is 0 Å². The van der Waals surface area contributed by atoms with E-state index in [1.54, 1.807) is 0 Å². The second-order valence-electron chi connectivity index (χ2n) is 11.4. The molecule has 1 aromatic carbocycles. The quantitative estimate of drug-likeness (QED) is 0.690. The van der Waals surface area contributed by atoms with Crippen molar-refractivity contribution in [1.29, 1.82) is 0 Å². The summed E-state index contributed by atoms with van der Waals surface area (Å²) in [7, 11) is 0. The van der Waals surface area contributed by atoms with Gasteiger partial charge in [-0.05, 0) is 86.5 Å². The van der Waals surface area contributed by atoms with E-state index in [2.05, 4.69) is 13.8 Å². The van der Waals surface area contributed by atoms with Gasteiger partial charge in [0.15, 0.2) is 0 Å². The monoisotopic (exact) mass is 426 g/mol. The topological polar surface area (TPSA) is 66.8 Å². The average Bonchev–Trinajstić information content (AvgIpc) is 3.00. The van der Waals surface area contributed by atoms with E-state index in [9.17, 15) is 15.0 Å². The summed E-state index contributed by atoms with van der Waals surface area (Å²) in [6.07, 6.45) is 9.61. The molecule has 0 aromatic heterocycles. The Balaban J connectivity index is 1.43. The third-order valence-corrected chi connectivity index (χ3v) is 10.6. The third kappa shape index (κ3) is 2.87. The molecule has 0 unspecified atom stereocenters. The zero-order valence-corrected chi connectivity index (χ0v) is 19.1. The first kappa shape index (κ1) is 21.6. The first-order chi connectivity index (χ1) is 14.8. The number of fused-ring (bicyclic) bond motifs is 5. The Morgan fingerprint density at radius 2 is 1.74 bits per heavy atom. The molecule has 4 saturated carbocycles. The molecule has 0 bridgehead atoms. The largest absolute Gasteiger partial charge is 0.389 e. The predicted molar refractivity (Wildman–Crippen MR) is 119 cm³/mol. The van der Waals surface area contributed by atoms with Crippen LogP contribution >= 0.6 is 0 Å². The standard InChI is InChI=1S/C27H38O4/c1-24-12-10-21(31-17-16-28)18-20(24)8-9-23-22(24)11-13-25(2)26(29,14-15-27(23,25)30)19-6-4-3-5-7-19/h3-7,16,20-23,29-30H,8-15,17-18H2,1-2H3/t20-,21+,22+,23-,24+,25-,26+,27+/m1/s1. The molecule has 0 amide bonds. The number of carbonyl (C=O) groups is 1. The molecule has 4 aliphatic rings. The van der Waals surface area contributed by atoms with Crippen LogP contribution in [0, 0.1) is 28.6 Å². The van der Waals surface area contributed by atoms with Crippen LogP contribution in [0.25, 0.3) is 0 Å². The Labute approximate surface area is 186 Å². The highest BCUT2D eigenvalue weighted by Crippen LogP contribution is 2.71. The number of hydrogen-bond donors (Lipinski definition) is 2. The predicted octanol–water partition coefficient (Wildman–Crippen LogP) is 4.62. The first-order valence-corrected chi connectivity index (χ1v) is 12.3. The maximum absolute atomic E-state index is 12.3. The summed E-state index contributed by atoms with van der Waals surface area (Å²) in [5.74, 6) is 1.34. The highest BCUT2D eigenvalue weighted by Gasteiger charge is 2.71. The summed E-state index contributed by atoms with van der Waals surface area (Å²) in [4.78, 5) is 10.7. The van der Waals surface area contributed by atoms with Crippen LogP contribution in [0.15, 0.2) is 30.3 Å². The molecule has 4 fully saturated rings. The summed E-state index contributed by atoms with van der Waals surface area (Å²) in [6, 6.07) is 10.0. The molecule has 5 rings (SSSR count). The highest BCUT2D eigenvalue weighted by atomic mass is 16.5. The maximum atomic E-state index is 12.3. The molecule has 2 N–H and O–H groups in total. The van der Waals surface area contributed by atoms with Gasteiger partial charge in [0.25, 0.3) is 0 Å². The van der Waals surface area contributed by atoms with Crippen molar-refractivity contribution in [3.63, 3.8) is 0 Å². The van der Waals surface area contributed by atoms with E-state index < -0.39 is 16.6 Å². The normalized spacial score (nSPS) is 49.0. The van der Waals surface area contributed by atoms with Crippen molar-refractivity contribution in [2.24, 2.45) is 28.6 Å². The van der Waals surface area contributed by atoms with Gasteiger partial charge in [-0.25, -0.2) is 0 Å². The van der Waals surface area contributed by atoms with E-state index in [-0.39, 0.29) is 24.0 Å². The molecular weight excluding hydrogens is 388 g/mol. The van der Waals surface area contributed by atoms with Gasteiger partial charge >= 0.3 is 0 Å². The van der Waals surface area contributed by atoms with Gasteiger partial charge in [0.2, 0.25) is 0 Å². The summed E-state index contributed by atoms with van der Waals surface area (Å²) in [5.41, 5.74) is -1.13. The van der Waals surface area contributed by atoms with Gasteiger partial charge in [-0.3, -0.25) is 0 Å². The SMILES string of the molecule is C[C@]12CC[C@H](OCC=O)C[C@H]1CC[C@@H]1[C@@H]2CC[C@]2(C)[C@@](O)(c3ccccc3)CC[C@]12O. The zero-order chi connectivity index (χ0) is 21.9. The van der Waals surface area contributed by atoms with Crippen molar-refractivity contribution >= 4 is 6.29 Å². The van der Waals surface area contributed by atoms with Crippen LogP contribution in [0.1, 0.15) is 77.2 Å². The lowest BCUT2D eigenvalue weighted by Crippen LogP contribution is -2.64. The summed E-state index contributed by atoms with van der Waals surface area (Å²) < 4.78 is 5.79. The van der Waals surface area contributed by atoms with E-state index in [1.807, 2.05) is 30.3 Å². The molecule has 4 aliphatic carbocycles. The second kappa shape index (κ2) is 7.40. The van der Waals surface area contributed by atoms with Crippen LogP contribution in [-0.2, 0) is 15.1 Å². The Hall–Kier alpha value is -1.23. The number of aldehydes is 1.